The molecule has 2 unspecified atom stereocenters. The number of hydrogen-bond acceptors (Lipinski definition) is 8. The third-order valence-corrected chi connectivity index (χ3v) is 8.80. The molecule has 2 atom stereocenters. The second kappa shape index (κ2) is 10.8. The van der Waals surface area contributed by atoms with Gasteiger partial charge >= 0.3 is 5.97 Å². The highest BCUT2D eigenvalue weighted by Gasteiger charge is 2.54. The number of β-lactam (4-membered cyclic amide) rings is 1. The van der Waals surface area contributed by atoms with Gasteiger partial charge < -0.3 is 19.9 Å². The van der Waals surface area contributed by atoms with Crippen LogP contribution in [-0.2, 0) is 28.0 Å². The number of para-hydroxylation sites is 1. The Bertz CT molecular complexity index is 1240. The number of aliphatic carboxylic acids is 1. The molecule has 0 spiro atoms. The topological polar surface area (TPSA) is 139 Å². The van der Waals surface area contributed by atoms with Gasteiger partial charge in [-0.15, -0.1) is 0 Å². The summed E-state index contributed by atoms with van der Waals surface area (Å²) in [4.78, 5) is 38.1. The average Bonchev–Trinajstić information content (AvgIpc) is 2.83. The maximum atomic E-state index is 13.1. The van der Waals surface area contributed by atoms with Crippen molar-refractivity contribution in [3.63, 3.8) is 0 Å². The van der Waals surface area contributed by atoms with Gasteiger partial charge in [0.2, 0.25) is 8.87 Å². The number of carbonyl (C=O) groups is 3. The zero-order chi connectivity index (χ0) is 25.8. The fraction of sp³-hybridized carbons (Fsp3) is 0.261. The summed E-state index contributed by atoms with van der Waals surface area (Å²) in [7, 11) is -2.43. The van der Waals surface area contributed by atoms with Crippen molar-refractivity contribution in [3.05, 3.63) is 71.6 Å². The van der Waals surface area contributed by atoms with Crippen LogP contribution in [0.25, 0.3) is 0 Å². The van der Waals surface area contributed by atoms with Crippen molar-refractivity contribution in [2.45, 2.75) is 30.2 Å². The lowest BCUT2D eigenvalue weighted by molar-refractivity contribution is -0.151. The van der Waals surface area contributed by atoms with Gasteiger partial charge in [0.25, 0.3) is 11.8 Å². The molecule has 0 radical (unpaired) electrons. The molecule has 1 saturated heterocycles. The van der Waals surface area contributed by atoms with Crippen molar-refractivity contribution in [2.24, 2.45) is 0 Å². The first-order chi connectivity index (χ1) is 16.5. The van der Waals surface area contributed by atoms with Crippen molar-refractivity contribution in [2.75, 3.05) is 13.7 Å². The smallest absolute Gasteiger partial charge is 0.356 e. The van der Waals surface area contributed by atoms with Crippen LogP contribution in [0.1, 0.15) is 12.5 Å². The molecule has 1 fully saturated rings. The summed E-state index contributed by atoms with van der Waals surface area (Å²) in [6.45, 7) is 2.72. The van der Waals surface area contributed by atoms with E-state index in [-0.39, 0.29) is 10.7 Å². The Hall–Kier alpha value is -3.51. The molecule has 2 aromatic rings. The monoisotopic (exact) mass is 520 g/mol. The third kappa shape index (κ3) is 5.95. The van der Waals surface area contributed by atoms with E-state index in [1.54, 1.807) is 49.4 Å². The number of carboxylic acid groups (broad SMARTS) is 1. The van der Waals surface area contributed by atoms with Gasteiger partial charge in [0.15, 0.2) is 12.3 Å². The highest BCUT2D eigenvalue weighted by Crippen LogP contribution is 2.40. The molecule has 0 aromatic heterocycles. The van der Waals surface area contributed by atoms with E-state index in [2.05, 4.69) is 5.32 Å². The quantitative estimate of drug-likeness (QED) is 0.209. The molecule has 3 rings (SSSR count). The minimum atomic E-state index is -4.03. The lowest BCUT2D eigenvalue weighted by Gasteiger charge is -2.46. The molecular weight excluding hydrogens is 496 g/mol. The van der Waals surface area contributed by atoms with Crippen LogP contribution in [0.5, 0.6) is 5.75 Å². The van der Waals surface area contributed by atoms with Crippen LogP contribution in [-0.4, -0.2) is 61.3 Å². The molecule has 2 amide bonds. The van der Waals surface area contributed by atoms with E-state index in [1.807, 2.05) is 0 Å². The Morgan fingerprint density at radius 3 is 2.31 bits per heavy atom. The number of carboxylic acids is 1. The first-order valence-corrected chi connectivity index (χ1v) is 13.2. The number of carbonyl (C=O) groups excluding carboxylic acids is 2. The minimum absolute atomic E-state index is 0.0193. The summed E-state index contributed by atoms with van der Waals surface area (Å²) in [5.41, 5.74) is 0.338. The maximum Gasteiger partial charge on any atom is 0.356 e. The molecule has 1 aliphatic heterocycles. The molecule has 0 saturated carbocycles. The van der Waals surface area contributed by atoms with Crippen LogP contribution < -0.4 is 10.1 Å². The van der Waals surface area contributed by atoms with Crippen molar-refractivity contribution < 1.29 is 37.4 Å². The molecule has 12 heteroatoms. The molecule has 2 N–H and O–H groups in total. The zero-order valence-electron chi connectivity index (χ0n) is 19.1. The molecule has 1 aliphatic rings. The van der Waals surface area contributed by atoms with Crippen molar-refractivity contribution >= 4 is 37.4 Å². The fourth-order valence-corrected chi connectivity index (χ4v) is 6.69. The Labute approximate surface area is 206 Å². The van der Waals surface area contributed by atoms with Crippen molar-refractivity contribution in [1.82, 2.24) is 10.2 Å². The highest BCUT2D eigenvalue weighted by atomic mass is 33.1. The Balaban J connectivity index is 1.86. The summed E-state index contributed by atoms with van der Waals surface area (Å²) in [5.74, 6) is -2.60. The number of rotatable bonds is 10. The first kappa shape index (κ1) is 26.1. The summed E-state index contributed by atoms with van der Waals surface area (Å²) in [6, 6.07) is 13.3. The fourth-order valence-electron chi connectivity index (χ4n) is 3.22. The number of benzene rings is 2. The number of aryl methyl sites for hydroxylation is 1. The lowest BCUT2D eigenvalue weighted by atomic mass is 10.1. The van der Waals surface area contributed by atoms with E-state index in [4.69, 9.17) is 9.47 Å². The van der Waals surface area contributed by atoms with E-state index in [0.29, 0.717) is 16.5 Å². The number of likely N-dealkylation sites (tertiary alicyclic amines) is 1. The maximum absolute atomic E-state index is 13.1. The number of nitrogens with one attached hydrogen (secondary N) is 1. The number of hydrogen-bond donors (Lipinski definition) is 2. The predicted octanol–water partition coefficient (Wildman–Crippen LogP) is 2.11. The largest absolute Gasteiger partial charge is 0.499 e. The van der Waals surface area contributed by atoms with Gasteiger partial charge in [-0.3, -0.25) is 14.5 Å². The van der Waals surface area contributed by atoms with E-state index in [0.717, 1.165) is 10.5 Å². The lowest BCUT2D eigenvalue weighted by Crippen LogP contribution is -2.70. The van der Waals surface area contributed by atoms with Gasteiger partial charge in [-0.25, -0.2) is 13.2 Å². The van der Waals surface area contributed by atoms with E-state index < -0.39 is 50.4 Å². The third-order valence-electron chi connectivity index (χ3n) is 5.09. The number of amides is 2. The van der Waals surface area contributed by atoms with Crippen molar-refractivity contribution in [3.8, 4) is 5.75 Å². The van der Waals surface area contributed by atoms with Crippen LogP contribution in [0.15, 0.2) is 70.9 Å². The number of allylic oxidation sites excluding steroid dienone is 1. The Morgan fingerprint density at radius 1 is 1.11 bits per heavy atom. The number of nitrogens with zero attached hydrogens (tertiary/aromatic N) is 1. The van der Waals surface area contributed by atoms with Gasteiger partial charge in [-0.1, -0.05) is 35.9 Å². The normalized spacial score (nSPS) is 18.3. The summed E-state index contributed by atoms with van der Waals surface area (Å²) in [6.07, 6.45) is 0. The second-order valence-corrected chi connectivity index (χ2v) is 11.5. The Kier molecular flexibility index (Phi) is 8.07. The first-order valence-electron chi connectivity index (χ1n) is 10.3. The van der Waals surface area contributed by atoms with E-state index >= 15 is 0 Å². The van der Waals surface area contributed by atoms with Gasteiger partial charge in [0.1, 0.15) is 22.9 Å². The Morgan fingerprint density at radius 2 is 1.74 bits per heavy atom. The molecule has 186 valence electrons. The highest BCUT2D eigenvalue weighted by molar-refractivity contribution is 8.72. The van der Waals surface area contributed by atoms with Crippen LogP contribution in [0.4, 0.5) is 0 Å². The zero-order valence-corrected chi connectivity index (χ0v) is 20.8. The van der Waals surface area contributed by atoms with Gasteiger partial charge in [-0.05, 0) is 38.1 Å². The number of methoxy groups -OCH3 is 1. The van der Waals surface area contributed by atoms with Crippen LogP contribution in [0, 0.1) is 6.92 Å². The van der Waals surface area contributed by atoms with Crippen molar-refractivity contribution in [1.29, 1.82) is 0 Å². The molecular formula is C23H24N2O8S2. The average molecular weight is 521 g/mol. The molecule has 1 heterocycles. The summed E-state index contributed by atoms with van der Waals surface area (Å²) < 4.78 is 36.5. The van der Waals surface area contributed by atoms with Gasteiger partial charge in [0, 0.05) is 10.8 Å². The predicted molar refractivity (Wildman–Crippen MR) is 128 cm³/mol. The van der Waals surface area contributed by atoms with Gasteiger partial charge in [0.05, 0.1) is 12.0 Å². The summed E-state index contributed by atoms with van der Waals surface area (Å²) >= 11 is 0. The minimum Gasteiger partial charge on any atom is -0.499 e. The SMILES string of the molecule is CO/C(C)=C(\C(=O)O)N1C(=O)C(NC(=O)COc2ccccc2)C1SS(=O)(=O)c1ccc(C)cc1. The van der Waals surface area contributed by atoms with Crippen LogP contribution in [0.2, 0.25) is 0 Å². The molecule has 10 nitrogen and oxygen atoms in total. The van der Waals surface area contributed by atoms with Crippen LogP contribution in [0.3, 0.4) is 0 Å². The number of ether oxygens (including phenoxy) is 2. The van der Waals surface area contributed by atoms with E-state index in [1.165, 1.54) is 26.2 Å². The standard InChI is InChI=1S/C23H24N2O8S2/c1-14-9-11-17(12-10-14)35(30,31)34-22-19(21(27)25(22)20(23(28)29)15(2)32-3)24-18(26)13-33-16-7-5-4-6-8-16/h4-12,19,22H,13H2,1-3H3,(H,24,26)(H,28,29)/b20-15+. The molecule has 35 heavy (non-hydrogen) atoms. The summed E-state index contributed by atoms with van der Waals surface area (Å²) in [5, 5.41) is 10.9. The molecule has 0 aliphatic carbocycles. The second-order valence-electron chi connectivity index (χ2n) is 7.52. The van der Waals surface area contributed by atoms with Crippen LogP contribution >= 0.6 is 10.8 Å². The molecule has 0 bridgehead atoms. The molecule has 2 aromatic carbocycles. The van der Waals surface area contributed by atoms with Gasteiger partial charge in [-0.2, -0.15) is 0 Å². The van der Waals surface area contributed by atoms with E-state index in [9.17, 15) is 27.9 Å².